The average Bonchev–Trinajstić information content (AvgIpc) is 2.52. The number of rotatable bonds is 3. The average molecular weight is 333 g/mol. The summed E-state index contributed by atoms with van der Waals surface area (Å²) in [6.45, 7) is 0.271. The topological polar surface area (TPSA) is 58.2 Å². The van der Waals surface area contributed by atoms with Crippen LogP contribution < -0.4 is 10.6 Å². The van der Waals surface area contributed by atoms with Crippen molar-refractivity contribution in [1.29, 1.82) is 0 Å². The lowest BCUT2D eigenvalue weighted by atomic mass is 9.89. The van der Waals surface area contributed by atoms with Crippen molar-refractivity contribution >= 4 is 29.1 Å². The van der Waals surface area contributed by atoms with Gasteiger partial charge in [0, 0.05) is 23.7 Å². The summed E-state index contributed by atoms with van der Waals surface area (Å²) in [6, 6.07) is 11.2. The number of nitrogens with one attached hydrogen (secondary N) is 2. The summed E-state index contributed by atoms with van der Waals surface area (Å²) in [5.41, 5.74) is 1.75. The predicted octanol–water partition coefficient (Wildman–Crippen LogP) is 3.22. The van der Waals surface area contributed by atoms with Gasteiger partial charge in [0.15, 0.2) is 0 Å². The van der Waals surface area contributed by atoms with Crippen molar-refractivity contribution in [2.24, 2.45) is 0 Å². The maximum Gasteiger partial charge on any atom is 0.228 e. The van der Waals surface area contributed by atoms with Crippen LogP contribution in [-0.2, 0) is 16.1 Å². The van der Waals surface area contributed by atoms with Gasteiger partial charge in [0.1, 0.15) is 5.82 Å². The third-order valence-electron chi connectivity index (χ3n) is 3.78. The van der Waals surface area contributed by atoms with Crippen LogP contribution in [0.2, 0.25) is 5.02 Å². The Kier molecular flexibility index (Phi) is 4.30. The normalized spacial score (nSPS) is 16.4. The van der Waals surface area contributed by atoms with Crippen LogP contribution in [-0.4, -0.2) is 11.8 Å². The minimum Gasteiger partial charge on any atom is -0.351 e. The highest BCUT2D eigenvalue weighted by atomic mass is 35.5. The highest BCUT2D eigenvalue weighted by Gasteiger charge is 2.30. The molecule has 1 aliphatic heterocycles. The molecule has 4 nitrogen and oxygen atoms in total. The molecule has 23 heavy (non-hydrogen) atoms. The Bertz CT molecular complexity index is 779. The number of halogens is 2. The molecule has 1 aliphatic rings. The molecule has 0 bridgehead atoms. The van der Waals surface area contributed by atoms with Gasteiger partial charge in [0.2, 0.25) is 11.8 Å². The number of amides is 2. The maximum atomic E-state index is 13.3. The quantitative estimate of drug-likeness (QED) is 0.906. The molecule has 6 heteroatoms. The van der Waals surface area contributed by atoms with Gasteiger partial charge in [-0.3, -0.25) is 9.59 Å². The van der Waals surface area contributed by atoms with Gasteiger partial charge in [-0.1, -0.05) is 35.9 Å². The van der Waals surface area contributed by atoms with Gasteiger partial charge in [-0.2, -0.15) is 0 Å². The molecular formula is C17H14ClFN2O2. The molecule has 0 unspecified atom stereocenters. The fourth-order valence-corrected chi connectivity index (χ4v) is 2.82. The van der Waals surface area contributed by atoms with Crippen LogP contribution in [0.25, 0.3) is 0 Å². The van der Waals surface area contributed by atoms with Crippen molar-refractivity contribution in [3.8, 4) is 0 Å². The van der Waals surface area contributed by atoms with Crippen LogP contribution in [0.1, 0.15) is 23.5 Å². The second-order valence-corrected chi connectivity index (χ2v) is 5.75. The smallest absolute Gasteiger partial charge is 0.228 e. The maximum absolute atomic E-state index is 13.3. The van der Waals surface area contributed by atoms with Gasteiger partial charge < -0.3 is 10.6 Å². The Balaban J connectivity index is 1.78. The number of hydrogen-bond acceptors (Lipinski definition) is 2. The van der Waals surface area contributed by atoms with E-state index in [1.54, 1.807) is 6.07 Å². The molecule has 0 aromatic heterocycles. The van der Waals surface area contributed by atoms with E-state index in [0.29, 0.717) is 16.3 Å². The van der Waals surface area contributed by atoms with Gasteiger partial charge in [0.05, 0.1) is 5.92 Å². The molecule has 2 amide bonds. The molecule has 1 atom stereocenters. The van der Waals surface area contributed by atoms with Crippen LogP contribution in [0.15, 0.2) is 42.5 Å². The summed E-state index contributed by atoms with van der Waals surface area (Å²) in [4.78, 5) is 24.2. The van der Waals surface area contributed by atoms with E-state index < -0.39 is 11.7 Å². The van der Waals surface area contributed by atoms with Crippen LogP contribution in [0.5, 0.6) is 0 Å². The summed E-state index contributed by atoms with van der Waals surface area (Å²) in [6.07, 6.45) is 0.0347. The predicted molar refractivity (Wildman–Crippen MR) is 85.7 cm³/mol. The van der Waals surface area contributed by atoms with E-state index in [4.69, 9.17) is 11.6 Å². The molecule has 0 aliphatic carbocycles. The first-order chi connectivity index (χ1) is 11.0. The highest BCUT2D eigenvalue weighted by Crippen LogP contribution is 2.33. The standard InChI is InChI=1S/C17H14ClFN2O2/c18-14-4-2-1-3-10(14)9-20-17(23)13-8-16(22)21-15-7-11(19)5-6-12(13)15/h1-7,13H,8-9H2,(H,20,23)(H,21,22)/t13-/m1/s1. The summed E-state index contributed by atoms with van der Waals surface area (Å²) in [5.74, 6) is -1.68. The fourth-order valence-electron chi connectivity index (χ4n) is 2.62. The van der Waals surface area contributed by atoms with Gasteiger partial charge in [0.25, 0.3) is 0 Å². The first-order valence-electron chi connectivity index (χ1n) is 7.15. The van der Waals surface area contributed by atoms with E-state index in [0.717, 1.165) is 5.56 Å². The van der Waals surface area contributed by atoms with Crippen LogP contribution >= 0.6 is 11.6 Å². The minimum absolute atomic E-state index is 0.0347. The van der Waals surface area contributed by atoms with E-state index in [1.165, 1.54) is 18.2 Å². The van der Waals surface area contributed by atoms with Crippen LogP contribution in [0.4, 0.5) is 10.1 Å². The van der Waals surface area contributed by atoms with E-state index >= 15 is 0 Å². The molecule has 1 heterocycles. The second kappa shape index (κ2) is 6.38. The van der Waals surface area contributed by atoms with Gasteiger partial charge in [-0.05, 0) is 29.3 Å². The van der Waals surface area contributed by atoms with E-state index in [-0.39, 0.29) is 24.8 Å². The Morgan fingerprint density at radius 3 is 2.87 bits per heavy atom. The molecular weight excluding hydrogens is 319 g/mol. The number of benzene rings is 2. The first kappa shape index (κ1) is 15.5. The van der Waals surface area contributed by atoms with Crippen molar-refractivity contribution in [2.75, 3.05) is 5.32 Å². The zero-order chi connectivity index (χ0) is 16.4. The van der Waals surface area contributed by atoms with Crippen LogP contribution in [0, 0.1) is 5.82 Å². The van der Waals surface area contributed by atoms with Crippen LogP contribution in [0.3, 0.4) is 0 Å². The highest BCUT2D eigenvalue weighted by molar-refractivity contribution is 6.31. The Morgan fingerprint density at radius 2 is 2.09 bits per heavy atom. The molecule has 0 saturated heterocycles. The first-order valence-corrected chi connectivity index (χ1v) is 7.53. The molecule has 0 radical (unpaired) electrons. The molecule has 2 aromatic carbocycles. The zero-order valence-electron chi connectivity index (χ0n) is 12.1. The van der Waals surface area contributed by atoms with Gasteiger partial charge in [-0.15, -0.1) is 0 Å². The third kappa shape index (κ3) is 3.35. The number of fused-ring (bicyclic) bond motifs is 1. The lowest BCUT2D eigenvalue weighted by molar-refractivity contribution is -0.126. The Morgan fingerprint density at radius 1 is 1.30 bits per heavy atom. The van der Waals surface area contributed by atoms with Crippen molar-refractivity contribution in [3.63, 3.8) is 0 Å². The van der Waals surface area contributed by atoms with Gasteiger partial charge >= 0.3 is 0 Å². The lowest BCUT2D eigenvalue weighted by Crippen LogP contribution is -2.34. The summed E-state index contributed by atoms with van der Waals surface area (Å²) in [7, 11) is 0. The number of hydrogen-bond donors (Lipinski definition) is 2. The number of carbonyl (C=O) groups is 2. The van der Waals surface area contributed by atoms with E-state index in [2.05, 4.69) is 10.6 Å². The fraction of sp³-hybridized carbons (Fsp3) is 0.176. The van der Waals surface area contributed by atoms with E-state index in [1.807, 2.05) is 18.2 Å². The van der Waals surface area contributed by atoms with Crippen molar-refractivity contribution < 1.29 is 14.0 Å². The Labute approximate surface area is 137 Å². The second-order valence-electron chi connectivity index (χ2n) is 5.35. The molecule has 0 spiro atoms. The number of carbonyl (C=O) groups excluding carboxylic acids is 2. The summed E-state index contributed by atoms with van der Waals surface area (Å²) in [5, 5.41) is 5.94. The zero-order valence-corrected chi connectivity index (χ0v) is 12.9. The van der Waals surface area contributed by atoms with Crippen molar-refractivity contribution in [3.05, 3.63) is 64.4 Å². The molecule has 2 N–H and O–H groups in total. The third-order valence-corrected chi connectivity index (χ3v) is 4.15. The lowest BCUT2D eigenvalue weighted by Gasteiger charge is -2.25. The SMILES string of the molecule is O=C1C[C@@H](C(=O)NCc2ccccc2Cl)c2ccc(F)cc2N1. The molecule has 3 rings (SSSR count). The number of anilines is 1. The van der Waals surface area contributed by atoms with Gasteiger partial charge in [-0.25, -0.2) is 4.39 Å². The summed E-state index contributed by atoms with van der Waals surface area (Å²) < 4.78 is 13.3. The molecule has 118 valence electrons. The summed E-state index contributed by atoms with van der Waals surface area (Å²) >= 11 is 6.06. The molecule has 0 saturated carbocycles. The minimum atomic E-state index is -0.637. The van der Waals surface area contributed by atoms with E-state index in [9.17, 15) is 14.0 Å². The van der Waals surface area contributed by atoms with Crippen molar-refractivity contribution in [2.45, 2.75) is 18.9 Å². The largest absolute Gasteiger partial charge is 0.351 e. The Hall–Kier alpha value is -2.40. The molecule has 2 aromatic rings. The van der Waals surface area contributed by atoms with Crippen molar-refractivity contribution in [1.82, 2.24) is 5.32 Å². The molecule has 0 fully saturated rings. The monoisotopic (exact) mass is 332 g/mol.